The van der Waals surface area contributed by atoms with E-state index >= 15 is 0 Å². The van der Waals surface area contributed by atoms with Gasteiger partial charge in [0.15, 0.2) is 0 Å². The molecule has 0 aliphatic heterocycles. The molecule has 0 spiro atoms. The minimum Gasteiger partial charge on any atom is -0.478 e. The van der Waals surface area contributed by atoms with Gasteiger partial charge in [-0.25, -0.2) is 9.78 Å². The number of carboxylic acid groups (broad SMARTS) is 1. The van der Waals surface area contributed by atoms with Crippen LogP contribution in [0.1, 0.15) is 20.2 Å². The third-order valence-corrected chi connectivity index (χ3v) is 3.91. The molecule has 0 amide bonds. The third-order valence-electron chi connectivity index (χ3n) is 3.01. The van der Waals surface area contributed by atoms with Crippen molar-refractivity contribution in [1.82, 2.24) is 9.55 Å². The van der Waals surface area contributed by atoms with E-state index in [4.69, 9.17) is 0 Å². The number of hydrogen-bond acceptors (Lipinski definition) is 3. The fourth-order valence-electron chi connectivity index (χ4n) is 2.21. The Labute approximate surface area is 113 Å². The zero-order valence-corrected chi connectivity index (χ0v) is 11.1. The van der Waals surface area contributed by atoms with Crippen molar-refractivity contribution in [2.45, 2.75) is 13.5 Å². The Balaban J connectivity index is 2.11. The van der Waals surface area contributed by atoms with E-state index in [1.165, 1.54) is 0 Å². The van der Waals surface area contributed by atoms with Gasteiger partial charge in [-0.1, -0.05) is 12.1 Å². The molecule has 3 rings (SSSR count). The molecule has 0 aliphatic carbocycles. The fraction of sp³-hybridized carbons (Fsp3) is 0.143. The van der Waals surface area contributed by atoms with Crippen molar-refractivity contribution in [1.29, 1.82) is 0 Å². The van der Waals surface area contributed by atoms with Crippen molar-refractivity contribution in [2.75, 3.05) is 0 Å². The number of benzene rings is 1. The molecular weight excluding hydrogens is 260 g/mol. The molecule has 0 saturated heterocycles. The summed E-state index contributed by atoms with van der Waals surface area (Å²) < 4.78 is 1.96. The minimum absolute atomic E-state index is 0.337. The molecule has 0 aliphatic rings. The van der Waals surface area contributed by atoms with Crippen molar-refractivity contribution in [3.63, 3.8) is 0 Å². The summed E-state index contributed by atoms with van der Waals surface area (Å²) >= 11 is 1.63. The van der Waals surface area contributed by atoms with Crippen LogP contribution in [-0.4, -0.2) is 20.6 Å². The second kappa shape index (κ2) is 4.51. The van der Waals surface area contributed by atoms with Gasteiger partial charge < -0.3 is 9.67 Å². The minimum atomic E-state index is -0.897. The summed E-state index contributed by atoms with van der Waals surface area (Å²) in [7, 11) is 0. The normalized spacial score (nSPS) is 11.0. The van der Waals surface area contributed by atoms with Gasteiger partial charge in [-0.05, 0) is 19.1 Å². The summed E-state index contributed by atoms with van der Waals surface area (Å²) in [6.45, 7) is 2.61. The molecule has 4 nitrogen and oxygen atoms in total. The standard InChI is InChI=1S/C14H12N2O2S/c1-9-15-7-11(19-9)8-16-6-5-10-3-2-4-12(13(10)16)14(17)18/h2-7H,8H2,1H3,(H,17,18). The van der Waals surface area contributed by atoms with E-state index in [1.807, 2.05) is 36.0 Å². The summed E-state index contributed by atoms with van der Waals surface area (Å²) in [5.41, 5.74) is 1.10. The molecule has 2 aromatic heterocycles. The summed E-state index contributed by atoms with van der Waals surface area (Å²) in [5.74, 6) is -0.897. The summed E-state index contributed by atoms with van der Waals surface area (Å²) in [5, 5.41) is 11.2. The van der Waals surface area contributed by atoms with Crippen molar-refractivity contribution in [2.24, 2.45) is 0 Å². The number of fused-ring (bicyclic) bond motifs is 1. The summed E-state index contributed by atoms with van der Waals surface area (Å²) in [6.07, 6.45) is 3.77. The molecule has 0 unspecified atom stereocenters. The van der Waals surface area contributed by atoms with E-state index in [2.05, 4.69) is 4.98 Å². The maximum Gasteiger partial charge on any atom is 0.337 e. The van der Waals surface area contributed by atoms with Crippen LogP contribution in [-0.2, 0) is 6.54 Å². The molecule has 19 heavy (non-hydrogen) atoms. The smallest absolute Gasteiger partial charge is 0.337 e. The molecule has 0 radical (unpaired) electrons. The average Bonchev–Trinajstić information content (AvgIpc) is 2.97. The highest BCUT2D eigenvalue weighted by molar-refractivity contribution is 7.11. The van der Waals surface area contributed by atoms with Crippen LogP contribution in [0, 0.1) is 6.92 Å². The maximum atomic E-state index is 11.3. The molecule has 0 atom stereocenters. The predicted molar refractivity (Wildman–Crippen MR) is 74.9 cm³/mol. The van der Waals surface area contributed by atoms with Gasteiger partial charge in [-0.2, -0.15) is 0 Å². The third kappa shape index (κ3) is 2.13. The van der Waals surface area contributed by atoms with Crippen LogP contribution in [0.2, 0.25) is 0 Å². The maximum absolute atomic E-state index is 11.3. The van der Waals surface area contributed by atoms with Crippen LogP contribution in [0.3, 0.4) is 0 Å². The molecule has 0 bridgehead atoms. The molecular formula is C14H12N2O2S. The topological polar surface area (TPSA) is 55.1 Å². The van der Waals surface area contributed by atoms with Crippen molar-refractivity contribution in [3.05, 3.63) is 52.1 Å². The van der Waals surface area contributed by atoms with Crippen LogP contribution in [0.4, 0.5) is 0 Å². The number of aromatic nitrogens is 2. The highest BCUT2D eigenvalue weighted by atomic mass is 32.1. The Hall–Kier alpha value is -2.14. The van der Waals surface area contributed by atoms with Gasteiger partial charge in [0.05, 0.1) is 22.6 Å². The lowest BCUT2D eigenvalue weighted by atomic mass is 10.1. The molecule has 5 heteroatoms. The molecule has 96 valence electrons. The van der Waals surface area contributed by atoms with Crippen LogP contribution < -0.4 is 0 Å². The Kier molecular flexibility index (Phi) is 2.83. The Bertz CT molecular complexity index is 758. The van der Waals surface area contributed by atoms with Crippen molar-refractivity contribution in [3.8, 4) is 0 Å². The molecule has 1 aromatic carbocycles. The molecule has 2 heterocycles. The van der Waals surface area contributed by atoms with Gasteiger partial charge in [0.25, 0.3) is 0 Å². The van der Waals surface area contributed by atoms with E-state index in [9.17, 15) is 9.90 Å². The first-order valence-electron chi connectivity index (χ1n) is 5.87. The van der Waals surface area contributed by atoms with Crippen LogP contribution in [0.15, 0.2) is 36.7 Å². The predicted octanol–water partition coefficient (Wildman–Crippen LogP) is 3.15. The van der Waals surface area contributed by atoms with Gasteiger partial charge in [-0.15, -0.1) is 11.3 Å². The zero-order chi connectivity index (χ0) is 13.4. The number of rotatable bonds is 3. The zero-order valence-electron chi connectivity index (χ0n) is 10.3. The first kappa shape index (κ1) is 11.9. The molecule has 0 saturated carbocycles. The SMILES string of the molecule is Cc1ncc(Cn2ccc3cccc(C(=O)O)c32)s1. The summed E-state index contributed by atoms with van der Waals surface area (Å²) in [6, 6.07) is 7.28. The fourth-order valence-corrected chi connectivity index (χ4v) is 3.01. The number of para-hydroxylation sites is 1. The van der Waals surface area contributed by atoms with Crippen LogP contribution >= 0.6 is 11.3 Å². The average molecular weight is 272 g/mol. The summed E-state index contributed by atoms with van der Waals surface area (Å²) in [4.78, 5) is 16.6. The van der Waals surface area contributed by atoms with E-state index in [-0.39, 0.29) is 0 Å². The van der Waals surface area contributed by atoms with E-state index < -0.39 is 5.97 Å². The lowest BCUT2D eigenvalue weighted by molar-refractivity contribution is 0.0698. The monoisotopic (exact) mass is 272 g/mol. The quantitative estimate of drug-likeness (QED) is 0.796. The van der Waals surface area contributed by atoms with Gasteiger partial charge in [0, 0.05) is 22.7 Å². The van der Waals surface area contributed by atoms with Crippen molar-refractivity contribution < 1.29 is 9.90 Å². The first-order chi connectivity index (χ1) is 9.15. The Morgan fingerprint density at radius 3 is 2.95 bits per heavy atom. The first-order valence-corrected chi connectivity index (χ1v) is 6.69. The number of aromatic carboxylic acids is 1. The van der Waals surface area contributed by atoms with Crippen molar-refractivity contribution >= 4 is 28.2 Å². The Morgan fingerprint density at radius 2 is 2.26 bits per heavy atom. The van der Waals surface area contributed by atoms with Gasteiger partial charge in [-0.3, -0.25) is 0 Å². The van der Waals surface area contributed by atoms with Gasteiger partial charge >= 0.3 is 5.97 Å². The number of hydrogen-bond donors (Lipinski definition) is 1. The number of nitrogens with zero attached hydrogens (tertiary/aromatic N) is 2. The Morgan fingerprint density at radius 1 is 1.42 bits per heavy atom. The number of carbonyl (C=O) groups is 1. The van der Waals surface area contributed by atoms with Gasteiger partial charge in [0.2, 0.25) is 0 Å². The van der Waals surface area contributed by atoms with E-state index in [0.717, 1.165) is 20.8 Å². The van der Waals surface area contributed by atoms with Crippen LogP contribution in [0.25, 0.3) is 10.9 Å². The highest BCUT2D eigenvalue weighted by Gasteiger charge is 2.12. The second-order valence-electron chi connectivity index (χ2n) is 4.34. The van der Waals surface area contributed by atoms with Crippen LogP contribution in [0.5, 0.6) is 0 Å². The number of thiazole rings is 1. The largest absolute Gasteiger partial charge is 0.478 e. The lowest BCUT2D eigenvalue weighted by Crippen LogP contribution is -2.03. The van der Waals surface area contributed by atoms with E-state index in [1.54, 1.807) is 23.5 Å². The number of carboxylic acids is 1. The lowest BCUT2D eigenvalue weighted by Gasteiger charge is -2.06. The molecule has 1 N–H and O–H groups in total. The number of aryl methyl sites for hydroxylation is 1. The van der Waals surface area contributed by atoms with E-state index in [0.29, 0.717) is 12.1 Å². The molecule has 0 fully saturated rings. The highest BCUT2D eigenvalue weighted by Crippen LogP contribution is 2.23. The molecule has 3 aromatic rings. The second-order valence-corrected chi connectivity index (χ2v) is 5.66. The van der Waals surface area contributed by atoms with Gasteiger partial charge in [0.1, 0.15) is 0 Å².